The molecule has 0 aliphatic rings. The van der Waals surface area contributed by atoms with Crippen LogP contribution < -0.4 is 10.1 Å². The molecular formula is C16H19N3O3. The minimum atomic E-state index is -0.855. The van der Waals surface area contributed by atoms with Gasteiger partial charge in [0.25, 0.3) is 0 Å². The van der Waals surface area contributed by atoms with Gasteiger partial charge in [-0.2, -0.15) is 0 Å². The van der Waals surface area contributed by atoms with Gasteiger partial charge in [0, 0.05) is 17.8 Å². The minimum absolute atomic E-state index is 0.0235. The first-order valence-corrected chi connectivity index (χ1v) is 7.13. The molecule has 6 nitrogen and oxygen atoms in total. The number of nitrogens with zero attached hydrogens (tertiary/aromatic N) is 2. The molecule has 0 fully saturated rings. The zero-order chi connectivity index (χ0) is 15.9. The van der Waals surface area contributed by atoms with Crippen molar-refractivity contribution in [2.45, 2.75) is 20.3 Å². The maximum Gasteiger partial charge on any atom is 0.305 e. The molecule has 0 atom stereocenters. The SMILES string of the molecule is CCOc1ccc(-c2cc(C)nc(NCCC(=O)O)n2)cc1. The monoisotopic (exact) mass is 301 g/mol. The second-order valence-electron chi connectivity index (χ2n) is 4.75. The number of aryl methyl sites for hydroxylation is 1. The molecule has 0 bridgehead atoms. The van der Waals surface area contributed by atoms with Gasteiger partial charge in [-0.3, -0.25) is 4.79 Å². The molecule has 1 heterocycles. The normalized spacial score (nSPS) is 10.3. The van der Waals surface area contributed by atoms with Gasteiger partial charge in [-0.25, -0.2) is 9.97 Å². The van der Waals surface area contributed by atoms with E-state index in [0.29, 0.717) is 19.1 Å². The lowest BCUT2D eigenvalue weighted by Crippen LogP contribution is -2.10. The highest BCUT2D eigenvalue weighted by Crippen LogP contribution is 2.22. The van der Waals surface area contributed by atoms with E-state index in [2.05, 4.69) is 15.3 Å². The first kappa shape index (κ1) is 15.8. The zero-order valence-corrected chi connectivity index (χ0v) is 12.7. The lowest BCUT2D eigenvalue weighted by molar-refractivity contribution is -0.136. The number of benzene rings is 1. The Bertz CT molecular complexity index is 642. The molecule has 0 amide bonds. The molecule has 22 heavy (non-hydrogen) atoms. The lowest BCUT2D eigenvalue weighted by atomic mass is 10.1. The number of hydrogen-bond acceptors (Lipinski definition) is 5. The van der Waals surface area contributed by atoms with Gasteiger partial charge < -0.3 is 15.2 Å². The topological polar surface area (TPSA) is 84.3 Å². The predicted molar refractivity (Wildman–Crippen MR) is 84.1 cm³/mol. The summed E-state index contributed by atoms with van der Waals surface area (Å²) in [5.41, 5.74) is 2.56. The molecule has 0 saturated carbocycles. The minimum Gasteiger partial charge on any atom is -0.494 e. The molecule has 0 aliphatic heterocycles. The van der Waals surface area contributed by atoms with E-state index in [1.54, 1.807) is 0 Å². The standard InChI is InChI=1S/C16H19N3O3/c1-3-22-13-6-4-12(5-7-13)14-10-11(2)18-16(19-14)17-9-8-15(20)21/h4-7,10H,3,8-9H2,1-2H3,(H,20,21)(H,17,18,19). The van der Waals surface area contributed by atoms with Crippen LogP contribution in [-0.4, -0.2) is 34.2 Å². The zero-order valence-electron chi connectivity index (χ0n) is 12.7. The van der Waals surface area contributed by atoms with Crippen molar-refractivity contribution in [1.29, 1.82) is 0 Å². The van der Waals surface area contributed by atoms with E-state index in [1.807, 2.05) is 44.2 Å². The number of carboxylic acids is 1. The van der Waals surface area contributed by atoms with Crippen molar-refractivity contribution in [3.05, 3.63) is 36.0 Å². The van der Waals surface area contributed by atoms with E-state index in [9.17, 15) is 4.79 Å². The van der Waals surface area contributed by atoms with Gasteiger partial charge >= 0.3 is 5.97 Å². The van der Waals surface area contributed by atoms with Gasteiger partial charge in [-0.15, -0.1) is 0 Å². The number of ether oxygens (including phenoxy) is 1. The van der Waals surface area contributed by atoms with Crippen LogP contribution in [0.15, 0.2) is 30.3 Å². The number of aromatic nitrogens is 2. The van der Waals surface area contributed by atoms with Crippen LogP contribution in [0.4, 0.5) is 5.95 Å². The van der Waals surface area contributed by atoms with E-state index in [1.165, 1.54) is 0 Å². The van der Waals surface area contributed by atoms with Crippen molar-refractivity contribution in [2.24, 2.45) is 0 Å². The number of rotatable bonds is 7. The summed E-state index contributed by atoms with van der Waals surface area (Å²) in [5.74, 6) is 0.397. The van der Waals surface area contributed by atoms with Gasteiger partial charge in [0.05, 0.1) is 18.7 Å². The Hall–Kier alpha value is -2.63. The van der Waals surface area contributed by atoms with E-state index in [0.717, 1.165) is 22.7 Å². The van der Waals surface area contributed by atoms with Crippen LogP contribution in [-0.2, 0) is 4.79 Å². The van der Waals surface area contributed by atoms with Crippen molar-refractivity contribution >= 4 is 11.9 Å². The molecule has 0 saturated heterocycles. The van der Waals surface area contributed by atoms with Crippen LogP contribution in [0.2, 0.25) is 0 Å². The second kappa shape index (κ2) is 7.40. The summed E-state index contributed by atoms with van der Waals surface area (Å²) in [5, 5.41) is 11.6. The van der Waals surface area contributed by atoms with Crippen molar-refractivity contribution < 1.29 is 14.6 Å². The van der Waals surface area contributed by atoms with Crippen LogP contribution in [0.5, 0.6) is 5.75 Å². The Morgan fingerprint density at radius 3 is 2.64 bits per heavy atom. The van der Waals surface area contributed by atoms with Crippen LogP contribution in [0.25, 0.3) is 11.3 Å². The van der Waals surface area contributed by atoms with Gasteiger partial charge in [-0.1, -0.05) is 0 Å². The first-order chi connectivity index (χ1) is 10.6. The number of anilines is 1. The highest BCUT2D eigenvalue weighted by atomic mass is 16.5. The van der Waals surface area contributed by atoms with E-state index < -0.39 is 5.97 Å². The average Bonchev–Trinajstić information content (AvgIpc) is 2.47. The molecule has 0 spiro atoms. The number of carbonyl (C=O) groups is 1. The van der Waals surface area contributed by atoms with Gasteiger partial charge in [0.1, 0.15) is 5.75 Å². The largest absolute Gasteiger partial charge is 0.494 e. The molecular weight excluding hydrogens is 282 g/mol. The lowest BCUT2D eigenvalue weighted by Gasteiger charge is -2.08. The third-order valence-electron chi connectivity index (χ3n) is 2.94. The summed E-state index contributed by atoms with van der Waals surface area (Å²) in [6.07, 6.45) is 0.0235. The maximum absolute atomic E-state index is 10.5. The Morgan fingerprint density at radius 2 is 2.00 bits per heavy atom. The number of carboxylic acid groups (broad SMARTS) is 1. The summed E-state index contributed by atoms with van der Waals surface area (Å²) in [6, 6.07) is 9.56. The predicted octanol–water partition coefficient (Wildman–Crippen LogP) is 2.74. The Labute approximate surface area is 129 Å². The van der Waals surface area contributed by atoms with Crippen molar-refractivity contribution in [3.8, 4) is 17.0 Å². The molecule has 0 unspecified atom stereocenters. The molecule has 1 aromatic carbocycles. The highest BCUT2D eigenvalue weighted by molar-refractivity contribution is 5.67. The van der Waals surface area contributed by atoms with Gasteiger partial charge in [0.15, 0.2) is 0 Å². The second-order valence-corrected chi connectivity index (χ2v) is 4.75. The Morgan fingerprint density at radius 1 is 1.27 bits per heavy atom. The maximum atomic E-state index is 10.5. The van der Waals surface area contributed by atoms with Crippen molar-refractivity contribution in [2.75, 3.05) is 18.5 Å². The number of hydrogen-bond donors (Lipinski definition) is 2. The third-order valence-corrected chi connectivity index (χ3v) is 2.94. The number of nitrogens with one attached hydrogen (secondary N) is 1. The molecule has 6 heteroatoms. The van der Waals surface area contributed by atoms with Crippen LogP contribution in [0.3, 0.4) is 0 Å². The highest BCUT2D eigenvalue weighted by Gasteiger charge is 2.06. The molecule has 116 valence electrons. The molecule has 2 rings (SSSR count). The summed E-state index contributed by atoms with van der Waals surface area (Å²) >= 11 is 0. The van der Waals surface area contributed by atoms with Crippen molar-refractivity contribution in [1.82, 2.24) is 9.97 Å². The molecule has 0 aliphatic carbocycles. The fraction of sp³-hybridized carbons (Fsp3) is 0.312. The quantitative estimate of drug-likeness (QED) is 0.818. The molecule has 2 N–H and O–H groups in total. The van der Waals surface area contributed by atoms with E-state index in [4.69, 9.17) is 9.84 Å². The molecule has 0 radical (unpaired) electrons. The van der Waals surface area contributed by atoms with E-state index in [-0.39, 0.29) is 6.42 Å². The third kappa shape index (κ3) is 4.44. The van der Waals surface area contributed by atoms with E-state index >= 15 is 0 Å². The van der Waals surface area contributed by atoms with Crippen molar-refractivity contribution in [3.63, 3.8) is 0 Å². The summed E-state index contributed by atoms with van der Waals surface area (Å²) in [4.78, 5) is 19.2. The van der Waals surface area contributed by atoms with Gasteiger partial charge in [-0.05, 0) is 44.2 Å². The van der Waals surface area contributed by atoms with Crippen LogP contribution >= 0.6 is 0 Å². The number of aliphatic carboxylic acids is 1. The summed E-state index contributed by atoms with van der Waals surface area (Å²) in [6.45, 7) is 4.74. The van der Waals surface area contributed by atoms with Gasteiger partial charge in [0.2, 0.25) is 5.95 Å². The molecule has 2 aromatic rings. The van der Waals surface area contributed by atoms with Crippen LogP contribution in [0, 0.1) is 6.92 Å². The summed E-state index contributed by atoms with van der Waals surface area (Å²) in [7, 11) is 0. The summed E-state index contributed by atoms with van der Waals surface area (Å²) < 4.78 is 5.42. The van der Waals surface area contributed by atoms with Crippen LogP contribution in [0.1, 0.15) is 19.0 Å². The smallest absolute Gasteiger partial charge is 0.305 e. The average molecular weight is 301 g/mol. The first-order valence-electron chi connectivity index (χ1n) is 7.13. The molecule has 1 aromatic heterocycles. The Kier molecular flexibility index (Phi) is 5.30. The fourth-order valence-electron chi connectivity index (χ4n) is 1.97. The fourth-order valence-corrected chi connectivity index (χ4v) is 1.97. The Balaban J connectivity index is 2.16.